The van der Waals surface area contributed by atoms with Crippen LogP contribution in [0.5, 0.6) is 0 Å². The van der Waals surface area contributed by atoms with Gasteiger partial charge in [0.1, 0.15) is 5.82 Å². The summed E-state index contributed by atoms with van der Waals surface area (Å²) in [6, 6.07) is 0. The Morgan fingerprint density at radius 2 is 2.14 bits per heavy atom. The highest BCUT2D eigenvalue weighted by Gasteiger charge is 1.97. The molecular weight excluding hydrogens is 202 g/mol. The third-order valence-electron chi connectivity index (χ3n) is 1.64. The summed E-state index contributed by atoms with van der Waals surface area (Å²) >= 11 is 5.45. The zero-order valence-electron chi connectivity index (χ0n) is 8.16. The lowest BCUT2D eigenvalue weighted by atomic mass is 10.4. The lowest BCUT2D eigenvalue weighted by molar-refractivity contribution is 0.160. The average Bonchev–Trinajstić information content (AvgIpc) is 2.20. The summed E-state index contributed by atoms with van der Waals surface area (Å²) in [6.07, 6.45) is 3.33. The van der Waals surface area contributed by atoms with Crippen molar-refractivity contribution >= 4 is 17.4 Å². The van der Waals surface area contributed by atoms with Crippen molar-refractivity contribution in [3.8, 4) is 0 Å². The molecule has 0 fully saturated rings. The normalized spacial score (nSPS) is 10.1. The fraction of sp³-hybridized carbons (Fsp3) is 0.556. The van der Waals surface area contributed by atoms with Crippen LogP contribution in [0.25, 0.3) is 0 Å². The second-order valence-corrected chi connectivity index (χ2v) is 3.10. The van der Waals surface area contributed by atoms with Crippen molar-refractivity contribution in [2.45, 2.75) is 6.92 Å². The van der Waals surface area contributed by atoms with E-state index in [-0.39, 0.29) is 0 Å². The molecule has 4 nitrogen and oxygen atoms in total. The predicted octanol–water partition coefficient (Wildman–Crippen LogP) is 1.45. The lowest BCUT2D eigenvalue weighted by Gasteiger charge is -2.06. The first-order valence-electron chi connectivity index (χ1n) is 4.50. The summed E-state index contributed by atoms with van der Waals surface area (Å²) in [5.41, 5.74) is 0.893. The summed E-state index contributed by atoms with van der Waals surface area (Å²) in [5, 5.41) is 3.13. The molecule has 14 heavy (non-hydrogen) atoms. The molecule has 0 aromatic carbocycles. The Morgan fingerprint density at radius 3 is 2.86 bits per heavy atom. The van der Waals surface area contributed by atoms with Gasteiger partial charge >= 0.3 is 0 Å². The Morgan fingerprint density at radius 1 is 1.36 bits per heavy atom. The van der Waals surface area contributed by atoms with Crippen LogP contribution in [0.1, 0.15) is 5.69 Å². The number of aromatic nitrogens is 2. The van der Waals surface area contributed by atoms with Gasteiger partial charge in [-0.15, -0.1) is 11.6 Å². The number of aryl methyl sites for hydroxylation is 1. The van der Waals surface area contributed by atoms with Gasteiger partial charge in [0.15, 0.2) is 0 Å². The molecule has 1 heterocycles. The molecule has 0 bridgehead atoms. The highest BCUT2D eigenvalue weighted by atomic mass is 35.5. The Hall–Kier alpha value is -0.870. The van der Waals surface area contributed by atoms with Gasteiger partial charge in [-0.3, -0.25) is 4.98 Å². The van der Waals surface area contributed by atoms with Crippen LogP contribution in [-0.4, -0.2) is 35.6 Å². The molecule has 0 amide bonds. The van der Waals surface area contributed by atoms with Gasteiger partial charge in [0, 0.05) is 24.8 Å². The minimum atomic E-state index is 0.532. The van der Waals surface area contributed by atoms with Gasteiger partial charge in [-0.25, -0.2) is 4.98 Å². The molecule has 0 unspecified atom stereocenters. The zero-order valence-corrected chi connectivity index (χ0v) is 8.92. The molecule has 1 aromatic rings. The van der Waals surface area contributed by atoms with Crippen molar-refractivity contribution in [2.24, 2.45) is 0 Å². The molecule has 0 atom stereocenters. The monoisotopic (exact) mass is 215 g/mol. The SMILES string of the molecule is Cc1nccnc1NCCOCCCl. The number of ether oxygens (including phenoxy) is 1. The average molecular weight is 216 g/mol. The minimum Gasteiger partial charge on any atom is -0.378 e. The molecule has 1 aromatic heterocycles. The minimum absolute atomic E-state index is 0.532. The van der Waals surface area contributed by atoms with Crippen molar-refractivity contribution < 1.29 is 4.74 Å². The van der Waals surface area contributed by atoms with E-state index in [2.05, 4.69) is 15.3 Å². The molecule has 5 heteroatoms. The number of rotatable bonds is 6. The molecule has 0 saturated heterocycles. The van der Waals surface area contributed by atoms with Crippen molar-refractivity contribution in [3.63, 3.8) is 0 Å². The van der Waals surface area contributed by atoms with Crippen LogP contribution in [0.15, 0.2) is 12.4 Å². The number of hydrogen-bond donors (Lipinski definition) is 1. The van der Waals surface area contributed by atoms with E-state index in [1.54, 1.807) is 12.4 Å². The smallest absolute Gasteiger partial charge is 0.147 e. The molecule has 0 aliphatic carbocycles. The van der Waals surface area contributed by atoms with Gasteiger partial charge in [0.2, 0.25) is 0 Å². The second-order valence-electron chi connectivity index (χ2n) is 2.72. The third-order valence-corrected chi connectivity index (χ3v) is 1.80. The molecule has 78 valence electrons. The largest absolute Gasteiger partial charge is 0.378 e. The van der Waals surface area contributed by atoms with E-state index in [4.69, 9.17) is 16.3 Å². The number of hydrogen-bond acceptors (Lipinski definition) is 4. The maximum absolute atomic E-state index is 5.45. The molecule has 0 saturated carbocycles. The highest BCUT2D eigenvalue weighted by Crippen LogP contribution is 2.04. The molecule has 0 aliphatic rings. The number of alkyl halides is 1. The Balaban J connectivity index is 2.21. The Kier molecular flexibility index (Phi) is 5.25. The summed E-state index contributed by atoms with van der Waals surface area (Å²) in [5.74, 6) is 1.34. The number of halogens is 1. The van der Waals surface area contributed by atoms with Crippen LogP contribution in [-0.2, 0) is 4.74 Å². The number of anilines is 1. The second kappa shape index (κ2) is 6.56. The fourth-order valence-corrected chi connectivity index (χ4v) is 1.09. The predicted molar refractivity (Wildman–Crippen MR) is 56.8 cm³/mol. The first-order chi connectivity index (χ1) is 6.84. The van der Waals surface area contributed by atoms with Crippen LogP contribution in [0.2, 0.25) is 0 Å². The molecule has 0 spiro atoms. The van der Waals surface area contributed by atoms with Crippen molar-refractivity contribution in [3.05, 3.63) is 18.1 Å². The van der Waals surface area contributed by atoms with Crippen molar-refractivity contribution in [2.75, 3.05) is 31.0 Å². The maximum Gasteiger partial charge on any atom is 0.147 e. The van der Waals surface area contributed by atoms with Gasteiger partial charge < -0.3 is 10.1 Å². The summed E-state index contributed by atoms with van der Waals surface area (Å²) in [6.45, 7) is 3.84. The highest BCUT2D eigenvalue weighted by molar-refractivity contribution is 6.17. The summed E-state index contributed by atoms with van der Waals surface area (Å²) in [7, 11) is 0. The van der Waals surface area contributed by atoms with Crippen LogP contribution < -0.4 is 5.32 Å². The van der Waals surface area contributed by atoms with Crippen LogP contribution in [0, 0.1) is 6.92 Å². The van der Waals surface area contributed by atoms with E-state index < -0.39 is 0 Å². The standard InChI is InChI=1S/C9H14ClN3O/c1-8-9(12-4-3-11-8)13-5-7-14-6-2-10/h3-4H,2,5-7H2,1H3,(H,12,13). The Bertz CT molecular complexity index is 270. The topological polar surface area (TPSA) is 47.0 Å². The quantitative estimate of drug-likeness (QED) is 0.577. The number of nitrogens with one attached hydrogen (secondary N) is 1. The van der Waals surface area contributed by atoms with Gasteiger partial charge in [0.25, 0.3) is 0 Å². The van der Waals surface area contributed by atoms with Crippen molar-refractivity contribution in [1.82, 2.24) is 9.97 Å². The molecular formula is C9H14ClN3O. The third kappa shape index (κ3) is 3.89. The van der Waals surface area contributed by atoms with Crippen LogP contribution >= 0.6 is 11.6 Å². The van der Waals surface area contributed by atoms with Crippen LogP contribution in [0.3, 0.4) is 0 Å². The lowest BCUT2D eigenvalue weighted by Crippen LogP contribution is -2.12. The summed E-state index contributed by atoms with van der Waals surface area (Å²) in [4.78, 5) is 8.25. The van der Waals surface area contributed by atoms with E-state index in [1.807, 2.05) is 6.92 Å². The van der Waals surface area contributed by atoms with E-state index in [9.17, 15) is 0 Å². The van der Waals surface area contributed by atoms with Gasteiger partial charge in [-0.1, -0.05) is 0 Å². The molecule has 1 rings (SSSR count). The van der Waals surface area contributed by atoms with Crippen molar-refractivity contribution in [1.29, 1.82) is 0 Å². The van der Waals surface area contributed by atoms with Gasteiger partial charge in [0.05, 0.1) is 18.9 Å². The fourth-order valence-electron chi connectivity index (χ4n) is 0.979. The van der Waals surface area contributed by atoms with Crippen LogP contribution in [0.4, 0.5) is 5.82 Å². The first kappa shape index (κ1) is 11.2. The number of nitrogens with zero attached hydrogens (tertiary/aromatic N) is 2. The van der Waals surface area contributed by atoms with E-state index >= 15 is 0 Å². The van der Waals surface area contributed by atoms with E-state index in [1.165, 1.54) is 0 Å². The van der Waals surface area contributed by atoms with E-state index in [0.29, 0.717) is 19.1 Å². The zero-order chi connectivity index (χ0) is 10.2. The summed E-state index contributed by atoms with van der Waals surface area (Å²) < 4.78 is 5.20. The van der Waals surface area contributed by atoms with E-state index in [0.717, 1.165) is 18.1 Å². The van der Waals surface area contributed by atoms with Gasteiger partial charge in [-0.05, 0) is 6.92 Å². The first-order valence-corrected chi connectivity index (χ1v) is 5.03. The molecule has 0 aliphatic heterocycles. The molecule has 0 radical (unpaired) electrons. The van der Waals surface area contributed by atoms with Gasteiger partial charge in [-0.2, -0.15) is 0 Å². The maximum atomic E-state index is 5.45. The Labute approximate surface area is 88.7 Å². The molecule has 1 N–H and O–H groups in total.